The molecule has 1 aromatic heterocycles. The van der Waals surface area contributed by atoms with E-state index in [9.17, 15) is 18.3 Å². The molecule has 0 saturated heterocycles. The number of nitrogens with zero attached hydrogens (tertiary/aromatic N) is 3. The fraction of sp³-hybridized carbons (Fsp3) is 0.200. The van der Waals surface area contributed by atoms with Crippen LogP contribution < -0.4 is 9.64 Å². The average Bonchev–Trinajstić information content (AvgIpc) is 3.17. The van der Waals surface area contributed by atoms with Crippen molar-refractivity contribution < 1.29 is 23.0 Å². The Morgan fingerprint density at radius 2 is 1.83 bits per heavy atom. The zero-order valence-electron chi connectivity index (χ0n) is 15.4. The van der Waals surface area contributed by atoms with E-state index in [1.807, 2.05) is 35.8 Å². The van der Waals surface area contributed by atoms with Gasteiger partial charge in [0.15, 0.2) is 0 Å². The Kier molecular flexibility index (Phi) is 4.45. The zero-order chi connectivity index (χ0) is 20.8. The van der Waals surface area contributed by atoms with Gasteiger partial charge in [-0.05, 0) is 43.3 Å². The minimum atomic E-state index is -4.77. The zero-order valence-corrected chi connectivity index (χ0v) is 15.4. The lowest BCUT2D eigenvalue weighted by molar-refractivity contribution is -0.274. The molecule has 6 nitrogen and oxygen atoms in total. The number of benzene rings is 2. The second kappa shape index (κ2) is 6.84. The molecule has 2 aromatic carbocycles. The number of aryl methyl sites for hydroxylation is 1. The fourth-order valence-corrected chi connectivity index (χ4v) is 3.45. The van der Waals surface area contributed by atoms with Crippen LogP contribution in [0.2, 0.25) is 0 Å². The lowest BCUT2D eigenvalue weighted by Gasteiger charge is -2.19. The van der Waals surface area contributed by atoms with Gasteiger partial charge in [0, 0.05) is 12.2 Å². The molecular weight excluding hydrogens is 385 g/mol. The van der Waals surface area contributed by atoms with Crippen molar-refractivity contribution in [3.8, 4) is 5.75 Å². The van der Waals surface area contributed by atoms with Gasteiger partial charge in [-0.3, -0.25) is 5.41 Å². The summed E-state index contributed by atoms with van der Waals surface area (Å²) in [6, 6.07) is 12.7. The molecule has 2 heterocycles. The van der Waals surface area contributed by atoms with E-state index >= 15 is 0 Å². The highest BCUT2D eigenvalue weighted by Gasteiger charge is 2.33. The van der Waals surface area contributed by atoms with Crippen LogP contribution in [0.4, 0.5) is 18.9 Å². The van der Waals surface area contributed by atoms with Gasteiger partial charge in [-0.15, -0.1) is 13.2 Å². The highest BCUT2D eigenvalue weighted by molar-refractivity contribution is 6.30. The second-order valence-electron chi connectivity index (χ2n) is 6.47. The number of rotatable bonds is 4. The first-order chi connectivity index (χ1) is 13.8. The molecule has 2 N–H and O–H groups in total. The Labute approximate surface area is 164 Å². The number of ether oxygens (including phenoxy) is 1. The normalized spacial score (nSPS) is 14.9. The number of hydrogen-bond acceptors (Lipinski definition) is 4. The van der Waals surface area contributed by atoms with Crippen LogP contribution in [0.3, 0.4) is 0 Å². The Balaban J connectivity index is 1.66. The van der Waals surface area contributed by atoms with Crippen molar-refractivity contribution in [3.05, 3.63) is 60.1 Å². The molecule has 0 radical (unpaired) electrons. The number of halogens is 3. The van der Waals surface area contributed by atoms with Crippen molar-refractivity contribution in [2.75, 3.05) is 11.4 Å². The number of anilines is 1. The smallest absolute Gasteiger partial charge is 0.509 e. The third-order valence-electron chi connectivity index (χ3n) is 4.68. The second-order valence-corrected chi connectivity index (χ2v) is 6.47. The molecule has 0 atom stereocenters. The number of amidine groups is 1. The van der Waals surface area contributed by atoms with Crippen molar-refractivity contribution in [3.63, 3.8) is 0 Å². The van der Waals surface area contributed by atoms with E-state index in [1.165, 1.54) is 29.2 Å². The molecule has 4 rings (SSSR count). The summed E-state index contributed by atoms with van der Waals surface area (Å²) in [5.74, 6) is 0.139. The number of aromatic nitrogens is 2. The van der Waals surface area contributed by atoms with Gasteiger partial charge in [-0.1, -0.05) is 12.1 Å². The first-order valence-electron chi connectivity index (χ1n) is 8.88. The minimum absolute atomic E-state index is 0.0179. The van der Waals surface area contributed by atoms with E-state index in [-0.39, 0.29) is 23.9 Å². The van der Waals surface area contributed by atoms with Gasteiger partial charge < -0.3 is 19.3 Å². The Morgan fingerprint density at radius 1 is 1.14 bits per heavy atom. The molecule has 0 fully saturated rings. The summed E-state index contributed by atoms with van der Waals surface area (Å²) in [6.07, 6.45) is -4.77. The van der Waals surface area contributed by atoms with Crippen LogP contribution in [0.25, 0.3) is 16.6 Å². The van der Waals surface area contributed by atoms with E-state index in [2.05, 4.69) is 9.72 Å². The fourth-order valence-electron chi connectivity index (χ4n) is 3.45. The summed E-state index contributed by atoms with van der Waals surface area (Å²) in [7, 11) is 0. The number of aliphatic hydroxyl groups is 1. The van der Waals surface area contributed by atoms with Crippen LogP contribution in [0, 0.1) is 5.41 Å². The summed E-state index contributed by atoms with van der Waals surface area (Å²) in [4.78, 5) is 6.08. The largest absolute Gasteiger partial charge is 0.573 e. The van der Waals surface area contributed by atoms with Gasteiger partial charge in [0.25, 0.3) is 0 Å². The maximum atomic E-state index is 12.3. The first-order valence-corrected chi connectivity index (χ1v) is 8.88. The van der Waals surface area contributed by atoms with Crippen molar-refractivity contribution in [1.82, 2.24) is 9.55 Å². The number of para-hydroxylation sites is 2. The lowest BCUT2D eigenvalue weighted by Crippen LogP contribution is -2.26. The number of alkyl halides is 3. The van der Waals surface area contributed by atoms with Crippen LogP contribution >= 0.6 is 0 Å². The van der Waals surface area contributed by atoms with Gasteiger partial charge in [-0.2, -0.15) is 0 Å². The topological polar surface area (TPSA) is 74.4 Å². The molecule has 0 spiro atoms. The molecule has 1 aliphatic rings. The van der Waals surface area contributed by atoms with Crippen LogP contribution in [-0.2, 0) is 6.54 Å². The van der Waals surface area contributed by atoms with E-state index in [4.69, 9.17) is 5.41 Å². The Morgan fingerprint density at radius 3 is 2.48 bits per heavy atom. The Hall–Kier alpha value is -3.49. The van der Waals surface area contributed by atoms with E-state index in [0.29, 0.717) is 23.6 Å². The third-order valence-corrected chi connectivity index (χ3v) is 4.68. The predicted octanol–water partition coefficient (Wildman–Crippen LogP) is 4.72. The molecule has 29 heavy (non-hydrogen) atoms. The molecule has 0 bridgehead atoms. The maximum absolute atomic E-state index is 12.3. The van der Waals surface area contributed by atoms with Gasteiger partial charge in [0.1, 0.15) is 23.2 Å². The lowest BCUT2D eigenvalue weighted by atomic mass is 10.2. The number of aliphatic hydroxyl groups excluding tert-OH is 1. The number of fused-ring (bicyclic) bond motifs is 1. The SMILES string of the molecule is CCn1c(C2=C(O)CN(c3ccc(OC(F)(F)F)cc3)C2=N)nc2ccccc21. The van der Waals surface area contributed by atoms with Crippen LogP contribution in [0.5, 0.6) is 5.75 Å². The quantitative estimate of drug-likeness (QED) is 0.662. The standard InChI is InChI=1S/C20H17F3N4O2/c1-2-26-15-6-4-3-5-14(15)25-19(26)17-16(28)11-27(18(17)24)12-7-9-13(10-8-12)29-20(21,22)23/h3-10,24,28H,2,11H2,1H3. The third kappa shape index (κ3) is 3.39. The first kappa shape index (κ1) is 18.9. The highest BCUT2D eigenvalue weighted by Crippen LogP contribution is 2.33. The van der Waals surface area contributed by atoms with Gasteiger partial charge in [-0.25, -0.2) is 4.98 Å². The monoisotopic (exact) mass is 402 g/mol. The van der Waals surface area contributed by atoms with Gasteiger partial charge >= 0.3 is 6.36 Å². The molecule has 1 aliphatic heterocycles. The summed E-state index contributed by atoms with van der Waals surface area (Å²) in [6.45, 7) is 2.58. The van der Waals surface area contributed by atoms with Crippen molar-refractivity contribution >= 4 is 28.1 Å². The van der Waals surface area contributed by atoms with Crippen molar-refractivity contribution in [2.24, 2.45) is 0 Å². The number of hydrogen-bond donors (Lipinski definition) is 2. The number of nitrogens with one attached hydrogen (secondary N) is 1. The van der Waals surface area contributed by atoms with Crippen LogP contribution in [-0.4, -0.2) is 33.4 Å². The van der Waals surface area contributed by atoms with E-state index in [0.717, 1.165) is 11.0 Å². The van der Waals surface area contributed by atoms with Crippen molar-refractivity contribution in [1.29, 1.82) is 5.41 Å². The van der Waals surface area contributed by atoms with E-state index in [1.54, 1.807) is 0 Å². The number of imidazole rings is 1. The van der Waals surface area contributed by atoms with Crippen molar-refractivity contribution in [2.45, 2.75) is 19.8 Å². The van der Waals surface area contributed by atoms with Crippen LogP contribution in [0.1, 0.15) is 12.7 Å². The van der Waals surface area contributed by atoms with Gasteiger partial charge in [0.05, 0.1) is 23.2 Å². The molecular formula is C20H17F3N4O2. The highest BCUT2D eigenvalue weighted by atomic mass is 19.4. The summed E-state index contributed by atoms with van der Waals surface area (Å²) >= 11 is 0. The Bertz CT molecular complexity index is 1120. The maximum Gasteiger partial charge on any atom is 0.573 e. The molecule has 0 saturated carbocycles. The van der Waals surface area contributed by atoms with Crippen LogP contribution in [0.15, 0.2) is 54.3 Å². The summed E-state index contributed by atoms with van der Waals surface area (Å²) in [5.41, 5.74) is 2.42. The molecule has 150 valence electrons. The molecule has 9 heteroatoms. The average molecular weight is 402 g/mol. The molecule has 0 unspecified atom stereocenters. The molecule has 0 aliphatic carbocycles. The molecule has 3 aromatic rings. The summed E-state index contributed by atoms with van der Waals surface area (Å²) in [5, 5.41) is 19.1. The predicted molar refractivity (Wildman–Crippen MR) is 103 cm³/mol. The van der Waals surface area contributed by atoms with E-state index < -0.39 is 6.36 Å². The minimum Gasteiger partial charge on any atom is -0.509 e. The molecule has 0 amide bonds. The summed E-state index contributed by atoms with van der Waals surface area (Å²) < 4.78 is 42.8. The van der Waals surface area contributed by atoms with Gasteiger partial charge in [0.2, 0.25) is 0 Å².